The molecule has 2 heterocycles. The molecule has 0 aliphatic heterocycles. The van der Waals surface area contributed by atoms with Crippen molar-refractivity contribution in [2.24, 2.45) is 5.92 Å². The molecule has 0 radical (unpaired) electrons. The highest BCUT2D eigenvalue weighted by Crippen LogP contribution is 2.36. The van der Waals surface area contributed by atoms with E-state index in [1.165, 1.54) is 17.8 Å². The number of nitrogens with zero attached hydrogens (tertiary/aromatic N) is 3. The summed E-state index contributed by atoms with van der Waals surface area (Å²) in [6.45, 7) is 6.65. The van der Waals surface area contributed by atoms with Gasteiger partial charge in [-0.05, 0) is 25.7 Å². The van der Waals surface area contributed by atoms with Crippen LogP contribution in [0.25, 0.3) is 4.96 Å². The molecule has 80 valence electrons. The minimum Gasteiger partial charge on any atom is -0.222 e. The average Bonchev–Trinajstić information content (AvgIpc) is 2.68. The minimum atomic E-state index is 0.586. The molecule has 3 nitrogen and oxygen atoms in total. The van der Waals surface area contributed by atoms with Gasteiger partial charge in [-0.25, -0.2) is 9.50 Å². The van der Waals surface area contributed by atoms with E-state index in [1.54, 1.807) is 11.3 Å². The van der Waals surface area contributed by atoms with Crippen LogP contribution in [0, 0.1) is 12.8 Å². The van der Waals surface area contributed by atoms with E-state index in [2.05, 4.69) is 23.5 Å². The first kappa shape index (κ1) is 9.33. The van der Waals surface area contributed by atoms with Gasteiger partial charge in [-0.1, -0.05) is 25.2 Å². The van der Waals surface area contributed by atoms with Gasteiger partial charge < -0.3 is 0 Å². The predicted octanol–water partition coefficient (Wildman–Crippen LogP) is 2.79. The Labute approximate surface area is 93.1 Å². The van der Waals surface area contributed by atoms with Crippen LogP contribution in [0.15, 0.2) is 0 Å². The van der Waals surface area contributed by atoms with E-state index >= 15 is 0 Å². The molecule has 0 N–H and O–H groups in total. The number of fused-ring (bicyclic) bond motifs is 3. The smallest absolute Gasteiger partial charge is 0.212 e. The Hall–Kier alpha value is -0.900. The highest BCUT2D eigenvalue weighted by Gasteiger charge is 2.28. The Kier molecular flexibility index (Phi) is 1.89. The molecule has 0 bridgehead atoms. The number of aryl methyl sites for hydroxylation is 2. The molecule has 0 saturated carbocycles. The largest absolute Gasteiger partial charge is 0.222 e. The van der Waals surface area contributed by atoms with Crippen LogP contribution in [0.5, 0.6) is 0 Å². The van der Waals surface area contributed by atoms with Gasteiger partial charge in [0, 0.05) is 5.92 Å². The van der Waals surface area contributed by atoms with Crippen LogP contribution < -0.4 is 0 Å². The summed E-state index contributed by atoms with van der Waals surface area (Å²) in [5, 5.41) is 5.62. The summed E-state index contributed by atoms with van der Waals surface area (Å²) in [4.78, 5) is 5.79. The van der Waals surface area contributed by atoms with Crippen molar-refractivity contribution in [3.8, 4) is 0 Å². The zero-order valence-corrected chi connectivity index (χ0v) is 10.1. The van der Waals surface area contributed by atoms with Gasteiger partial charge in [0.05, 0.1) is 11.4 Å². The molecule has 0 aromatic carbocycles. The molecule has 0 saturated heterocycles. The van der Waals surface area contributed by atoms with Crippen LogP contribution in [-0.4, -0.2) is 14.6 Å². The average molecular weight is 221 g/mol. The Bertz CT molecular complexity index is 511. The fraction of sp³-hybridized carbons (Fsp3) is 0.636. The van der Waals surface area contributed by atoms with Crippen molar-refractivity contribution in [3.05, 3.63) is 16.4 Å². The highest BCUT2D eigenvalue weighted by molar-refractivity contribution is 7.16. The molecule has 2 aromatic rings. The second kappa shape index (κ2) is 3.04. The lowest BCUT2D eigenvalue weighted by molar-refractivity contribution is 0.413. The van der Waals surface area contributed by atoms with E-state index in [9.17, 15) is 0 Å². The predicted molar refractivity (Wildman–Crippen MR) is 61.5 cm³/mol. The van der Waals surface area contributed by atoms with Crippen LogP contribution >= 0.6 is 11.3 Å². The minimum absolute atomic E-state index is 0.586. The van der Waals surface area contributed by atoms with Crippen molar-refractivity contribution in [3.63, 3.8) is 0 Å². The summed E-state index contributed by atoms with van der Waals surface area (Å²) in [5.41, 5.74) is 2.63. The molecular weight excluding hydrogens is 206 g/mol. The molecule has 2 atom stereocenters. The van der Waals surface area contributed by atoms with E-state index in [1.807, 2.05) is 6.92 Å². The number of hydrogen-bond acceptors (Lipinski definition) is 3. The summed E-state index contributed by atoms with van der Waals surface area (Å²) < 4.78 is 2.05. The Morgan fingerprint density at radius 1 is 1.40 bits per heavy atom. The number of aromatic nitrogens is 3. The summed E-state index contributed by atoms with van der Waals surface area (Å²) in [5.74, 6) is 1.34. The van der Waals surface area contributed by atoms with Crippen molar-refractivity contribution >= 4 is 16.3 Å². The fourth-order valence-electron chi connectivity index (χ4n) is 2.38. The Morgan fingerprint density at radius 2 is 2.20 bits per heavy atom. The second-order valence-electron chi connectivity index (χ2n) is 4.56. The molecule has 0 fully saturated rings. The molecule has 3 rings (SSSR count). The maximum atomic E-state index is 4.72. The standard InChI is InChI=1S/C11H15N3S/c1-6-4-5-9-10(7(6)2)12-11-14(9)13-8(3)15-11/h6-7H,4-5H2,1-3H3. The molecule has 2 unspecified atom stereocenters. The topological polar surface area (TPSA) is 30.2 Å². The second-order valence-corrected chi connectivity index (χ2v) is 5.72. The quantitative estimate of drug-likeness (QED) is 0.684. The first-order chi connectivity index (χ1) is 7.16. The van der Waals surface area contributed by atoms with Crippen LogP contribution in [0.2, 0.25) is 0 Å². The lowest BCUT2D eigenvalue weighted by Crippen LogP contribution is -2.16. The fourth-order valence-corrected chi connectivity index (χ4v) is 3.15. The molecule has 15 heavy (non-hydrogen) atoms. The summed E-state index contributed by atoms with van der Waals surface area (Å²) in [7, 11) is 0. The summed E-state index contributed by atoms with van der Waals surface area (Å²) >= 11 is 1.69. The maximum absolute atomic E-state index is 4.72. The lowest BCUT2D eigenvalue weighted by Gasteiger charge is -2.24. The molecule has 1 aliphatic carbocycles. The van der Waals surface area contributed by atoms with E-state index in [0.29, 0.717) is 5.92 Å². The molecule has 4 heteroatoms. The van der Waals surface area contributed by atoms with Crippen LogP contribution in [0.4, 0.5) is 0 Å². The molecule has 1 aliphatic rings. The van der Waals surface area contributed by atoms with E-state index in [0.717, 1.165) is 22.3 Å². The maximum Gasteiger partial charge on any atom is 0.212 e. The normalized spacial score (nSPS) is 25.8. The van der Waals surface area contributed by atoms with Gasteiger partial charge in [-0.15, -0.1) is 0 Å². The van der Waals surface area contributed by atoms with Crippen LogP contribution in [0.3, 0.4) is 0 Å². The number of imidazole rings is 1. The van der Waals surface area contributed by atoms with Crippen molar-refractivity contribution in [1.82, 2.24) is 14.6 Å². The zero-order valence-electron chi connectivity index (χ0n) is 9.32. The first-order valence-electron chi connectivity index (χ1n) is 5.51. The van der Waals surface area contributed by atoms with Gasteiger partial charge in [0.1, 0.15) is 5.01 Å². The van der Waals surface area contributed by atoms with Gasteiger partial charge in [-0.2, -0.15) is 5.10 Å². The van der Waals surface area contributed by atoms with Gasteiger partial charge in [0.2, 0.25) is 4.96 Å². The third kappa shape index (κ3) is 1.24. The van der Waals surface area contributed by atoms with Gasteiger partial charge >= 0.3 is 0 Å². The van der Waals surface area contributed by atoms with E-state index in [4.69, 9.17) is 4.98 Å². The van der Waals surface area contributed by atoms with Crippen LogP contribution in [-0.2, 0) is 6.42 Å². The van der Waals surface area contributed by atoms with Gasteiger partial charge in [0.25, 0.3) is 0 Å². The van der Waals surface area contributed by atoms with Gasteiger partial charge in [0.15, 0.2) is 0 Å². The Balaban J connectivity index is 2.23. The number of rotatable bonds is 0. The highest BCUT2D eigenvalue weighted by atomic mass is 32.1. The number of hydrogen-bond donors (Lipinski definition) is 0. The molecular formula is C11H15N3S. The summed E-state index contributed by atoms with van der Waals surface area (Å²) in [6.07, 6.45) is 2.39. The summed E-state index contributed by atoms with van der Waals surface area (Å²) in [6, 6.07) is 0. The molecule has 0 amide bonds. The third-order valence-corrected chi connectivity index (χ3v) is 4.37. The first-order valence-corrected chi connectivity index (χ1v) is 6.33. The van der Waals surface area contributed by atoms with Crippen molar-refractivity contribution in [1.29, 1.82) is 0 Å². The molecule has 0 spiro atoms. The monoisotopic (exact) mass is 221 g/mol. The zero-order chi connectivity index (χ0) is 10.6. The van der Waals surface area contributed by atoms with Crippen molar-refractivity contribution in [2.75, 3.05) is 0 Å². The SMILES string of the molecule is Cc1nn2c3c(nc2s1)C(C)C(C)CC3. The van der Waals surface area contributed by atoms with E-state index < -0.39 is 0 Å². The van der Waals surface area contributed by atoms with Crippen molar-refractivity contribution < 1.29 is 0 Å². The van der Waals surface area contributed by atoms with Gasteiger partial charge in [-0.3, -0.25) is 0 Å². The third-order valence-electron chi connectivity index (χ3n) is 3.55. The van der Waals surface area contributed by atoms with Crippen molar-refractivity contribution in [2.45, 2.75) is 39.5 Å². The Morgan fingerprint density at radius 3 is 3.00 bits per heavy atom. The van der Waals surface area contributed by atoms with Crippen LogP contribution in [0.1, 0.15) is 42.6 Å². The lowest BCUT2D eigenvalue weighted by atomic mass is 9.82. The van der Waals surface area contributed by atoms with E-state index in [-0.39, 0.29) is 0 Å². The molecule has 2 aromatic heterocycles.